The van der Waals surface area contributed by atoms with Gasteiger partial charge in [0.15, 0.2) is 0 Å². The molecule has 0 aromatic carbocycles. The summed E-state index contributed by atoms with van der Waals surface area (Å²) >= 11 is -0.553. The van der Waals surface area contributed by atoms with E-state index in [0.29, 0.717) is 22.5 Å². The third kappa shape index (κ3) is 10.9. The summed E-state index contributed by atoms with van der Waals surface area (Å²) in [6.07, 6.45) is 2.45. The molecule has 112 valence electrons. The van der Waals surface area contributed by atoms with Crippen molar-refractivity contribution in [1.82, 2.24) is 0 Å². The van der Waals surface area contributed by atoms with Crippen LogP contribution in [0.4, 0.5) is 0 Å². The minimum absolute atomic E-state index is 0.0107. The normalized spacial score (nSPS) is 10.4. The van der Waals surface area contributed by atoms with Gasteiger partial charge < -0.3 is 0 Å². The molecule has 0 N–H and O–H groups in total. The Morgan fingerprint density at radius 2 is 1.05 bits per heavy atom. The van der Waals surface area contributed by atoms with Gasteiger partial charge in [0, 0.05) is 0 Å². The second-order valence-corrected chi connectivity index (χ2v) is 7.13. The van der Waals surface area contributed by atoms with Crippen LogP contribution < -0.4 is 0 Å². The van der Waals surface area contributed by atoms with Gasteiger partial charge >= 0.3 is 123 Å². The molecule has 19 heavy (non-hydrogen) atoms. The molecule has 0 aliphatic rings. The third-order valence-electron chi connectivity index (χ3n) is 2.25. The zero-order valence-electron chi connectivity index (χ0n) is 11.6. The predicted molar refractivity (Wildman–Crippen MR) is 68.7 cm³/mol. The van der Waals surface area contributed by atoms with Crippen molar-refractivity contribution in [2.24, 2.45) is 0 Å². The fraction of sp³-hybridized carbons (Fsp3) is 0.714. The number of ketones is 4. The molecule has 0 saturated carbocycles. The summed E-state index contributed by atoms with van der Waals surface area (Å²) in [4.78, 5) is 46.2. The summed E-state index contributed by atoms with van der Waals surface area (Å²) in [6, 6.07) is 0. The third-order valence-corrected chi connectivity index (χ3v) is 5.18. The van der Waals surface area contributed by atoms with Gasteiger partial charge in [-0.25, -0.2) is 0 Å². The van der Waals surface area contributed by atoms with E-state index in [0.717, 1.165) is 12.8 Å². The van der Waals surface area contributed by atoms with Crippen LogP contribution in [-0.2, 0) is 37.7 Å². The van der Waals surface area contributed by atoms with Gasteiger partial charge in [0.1, 0.15) is 0 Å². The van der Waals surface area contributed by atoms with Crippen LogP contribution in [-0.4, -0.2) is 23.1 Å². The number of carbonyl (C=O) groups excluding carboxylic acids is 4. The second-order valence-electron chi connectivity index (χ2n) is 4.39. The van der Waals surface area contributed by atoms with Gasteiger partial charge in [0.2, 0.25) is 0 Å². The van der Waals surface area contributed by atoms with Gasteiger partial charge in [-0.3, -0.25) is 0 Å². The van der Waals surface area contributed by atoms with Crippen molar-refractivity contribution in [3.63, 3.8) is 0 Å². The van der Waals surface area contributed by atoms with E-state index in [1.165, 1.54) is 0 Å². The molecule has 0 heterocycles. The van der Waals surface area contributed by atoms with Crippen LogP contribution in [0.2, 0.25) is 9.62 Å². The van der Waals surface area contributed by atoms with Gasteiger partial charge in [-0.05, 0) is 0 Å². The summed E-state index contributed by atoms with van der Waals surface area (Å²) in [7, 11) is 0. The zero-order chi connectivity index (χ0) is 14.7. The molecule has 0 atom stereocenters. The first kappa shape index (κ1) is 18.4. The molecule has 0 rings (SSSR count). The van der Waals surface area contributed by atoms with Crippen LogP contribution in [0.3, 0.4) is 0 Å². The van der Waals surface area contributed by atoms with E-state index < -0.39 is 18.6 Å². The molecule has 4 nitrogen and oxygen atoms in total. The molecule has 0 aromatic rings. The molecule has 5 heteroatoms. The van der Waals surface area contributed by atoms with Crippen molar-refractivity contribution < 1.29 is 37.7 Å². The average molecular weight is 449 g/mol. The Kier molecular flexibility index (Phi) is 10.8. The van der Waals surface area contributed by atoms with Crippen LogP contribution in [0, 0.1) is 0 Å². The standard InChI is InChI=1S/2C7H11O2.Pt/c2*1-3-4-7(9)5-6(2)8;/h2*2-5H2,1H3;. The monoisotopic (exact) mass is 449 g/mol. The molecule has 0 aromatic heterocycles. The molecule has 0 aliphatic heterocycles. The van der Waals surface area contributed by atoms with Crippen LogP contribution in [0.25, 0.3) is 0 Å². The van der Waals surface area contributed by atoms with Crippen LogP contribution in [0.5, 0.6) is 0 Å². The summed E-state index contributed by atoms with van der Waals surface area (Å²) in [5.41, 5.74) is 0. The van der Waals surface area contributed by atoms with Gasteiger partial charge in [-0.15, -0.1) is 0 Å². The predicted octanol–water partition coefficient (Wildman–Crippen LogP) is 2.56. The summed E-state index contributed by atoms with van der Waals surface area (Å²) in [6.45, 7) is 3.81. The van der Waals surface area contributed by atoms with Gasteiger partial charge in [-0.1, -0.05) is 0 Å². The number of carbonyl (C=O) groups is 4. The molecule has 0 bridgehead atoms. The Bertz CT molecular complexity index is 304. The maximum absolute atomic E-state index is 11.5. The Morgan fingerprint density at radius 3 is 1.37 bits per heavy atom. The van der Waals surface area contributed by atoms with E-state index in [9.17, 15) is 19.2 Å². The van der Waals surface area contributed by atoms with E-state index >= 15 is 0 Å². The van der Waals surface area contributed by atoms with Gasteiger partial charge in [0.25, 0.3) is 0 Å². The molecule has 0 fully saturated rings. The molecule has 0 amide bonds. The summed E-state index contributed by atoms with van der Waals surface area (Å²) < 4.78 is 0. The van der Waals surface area contributed by atoms with Crippen LogP contribution >= 0.6 is 0 Å². The number of Topliss-reactive ketones (excluding diaryl/α,β-unsaturated/α-hetero) is 4. The molecule has 0 aliphatic carbocycles. The minimum atomic E-state index is -0.553. The average Bonchev–Trinajstić information content (AvgIpc) is 2.28. The Balaban J connectivity index is 3.72. The van der Waals surface area contributed by atoms with E-state index in [1.54, 1.807) is 0 Å². The van der Waals surface area contributed by atoms with Crippen LogP contribution in [0.1, 0.15) is 52.4 Å². The van der Waals surface area contributed by atoms with Crippen molar-refractivity contribution in [1.29, 1.82) is 0 Å². The summed E-state index contributed by atoms with van der Waals surface area (Å²) in [5.74, 6) is -0.138. The Morgan fingerprint density at radius 1 is 0.684 bits per heavy atom. The number of hydrogen-bond acceptors (Lipinski definition) is 4. The van der Waals surface area contributed by atoms with Crippen LogP contribution in [0.15, 0.2) is 0 Å². The second kappa shape index (κ2) is 11.2. The zero-order valence-corrected chi connectivity index (χ0v) is 13.9. The van der Waals surface area contributed by atoms with Crippen molar-refractivity contribution in [2.45, 2.75) is 62.0 Å². The molecule has 0 spiro atoms. The summed E-state index contributed by atoms with van der Waals surface area (Å²) in [5, 5.41) is 0. The maximum atomic E-state index is 11.5. The molecule has 0 unspecified atom stereocenters. The first-order chi connectivity index (χ1) is 8.99. The number of hydrogen-bond donors (Lipinski definition) is 0. The SMILES string of the molecule is CCCC(=O)CC(=O)[CH2][Pt][CH2]C(=O)CC(=O)CCC. The number of rotatable bonds is 12. The van der Waals surface area contributed by atoms with Gasteiger partial charge in [-0.2, -0.15) is 0 Å². The first-order valence-electron chi connectivity index (χ1n) is 6.51. The van der Waals surface area contributed by atoms with Crippen molar-refractivity contribution in [2.75, 3.05) is 0 Å². The van der Waals surface area contributed by atoms with Crippen molar-refractivity contribution in [3.05, 3.63) is 0 Å². The van der Waals surface area contributed by atoms with E-state index in [4.69, 9.17) is 0 Å². The van der Waals surface area contributed by atoms with Crippen molar-refractivity contribution in [3.8, 4) is 0 Å². The topological polar surface area (TPSA) is 68.3 Å². The first-order valence-corrected chi connectivity index (χ1v) is 9.72. The molecular weight excluding hydrogens is 427 g/mol. The van der Waals surface area contributed by atoms with E-state index in [-0.39, 0.29) is 36.0 Å². The Hall–Kier alpha value is -0.632. The quantitative estimate of drug-likeness (QED) is 0.430. The fourth-order valence-electron chi connectivity index (χ4n) is 1.47. The molecule has 0 radical (unpaired) electrons. The van der Waals surface area contributed by atoms with Gasteiger partial charge in [0.05, 0.1) is 0 Å². The molecule has 0 saturated heterocycles. The Labute approximate surface area is 123 Å². The van der Waals surface area contributed by atoms with Crippen molar-refractivity contribution >= 4 is 23.1 Å². The molecular formula is C14H22O4Pt. The van der Waals surface area contributed by atoms with E-state index in [1.807, 2.05) is 13.8 Å². The fourth-order valence-corrected chi connectivity index (χ4v) is 3.59. The van der Waals surface area contributed by atoms with E-state index in [2.05, 4.69) is 0 Å².